The fourth-order valence-corrected chi connectivity index (χ4v) is 2.45. The molecule has 1 aromatic heterocycles. The Morgan fingerprint density at radius 3 is 2.95 bits per heavy atom. The molecule has 2 rings (SSSR count). The lowest BCUT2D eigenvalue weighted by Gasteiger charge is -2.11. The van der Waals surface area contributed by atoms with Crippen LogP contribution in [-0.4, -0.2) is 33.6 Å². The molecule has 1 aliphatic carbocycles. The van der Waals surface area contributed by atoms with Crippen molar-refractivity contribution in [1.82, 2.24) is 10.3 Å². The third kappa shape index (κ3) is 3.43. The van der Waals surface area contributed by atoms with Crippen LogP contribution in [0.3, 0.4) is 0 Å². The van der Waals surface area contributed by atoms with Crippen LogP contribution in [-0.2, 0) is 0 Å². The molecule has 0 radical (unpaired) electrons. The molecule has 2 unspecified atom stereocenters. The highest BCUT2D eigenvalue weighted by atomic mass is 35.5. The number of nitrogens with zero attached hydrogens (tertiary/aromatic N) is 2. The molecule has 1 aromatic rings. The summed E-state index contributed by atoms with van der Waals surface area (Å²) in [6.07, 6.45) is 2.94. The minimum atomic E-state index is -0.632. The maximum atomic E-state index is 12.0. The lowest BCUT2D eigenvalue weighted by Crippen LogP contribution is -2.29. The van der Waals surface area contributed by atoms with Crippen LogP contribution in [0.15, 0.2) is 12.3 Å². The first-order valence-electron chi connectivity index (χ1n) is 6.23. The smallest absolute Gasteiger partial charge is 0.288 e. The normalized spacial score (nSPS) is 21.7. The maximum absolute atomic E-state index is 12.0. The van der Waals surface area contributed by atoms with Crippen molar-refractivity contribution in [3.8, 4) is 0 Å². The van der Waals surface area contributed by atoms with Gasteiger partial charge in [0.15, 0.2) is 0 Å². The van der Waals surface area contributed by atoms with Crippen LogP contribution in [0.1, 0.15) is 29.6 Å². The Bertz CT molecular complexity index is 537. The fourth-order valence-electron chi connectivity index (χ4n) is 2.26. The van der Waals surface area contributed by atoms with E-state index < -0.39 is 10.8 Å². The summed E-state index contributed by atoms with van der Waals surface area (Å²) in [5.41, 5.74) is -0.296. The molecule has 0 bridgehead atoms. The highest BCUT2D eigenvalue weighted by molar-refractivity contribution is 6.32. The summed E-state index contributed by atoms with van der Waals surface area (Å²) < 4.78 is 0. The van der Waals surface area contributed by atoms with Gasteiger partial charge in [0.1, 0.15) is 11.3 Å². The van der Waals surface area contributed by atoms with Crippen LogP contribution < -0.4 is 5.32 Å². The van der Waals surface area contributed by atoms with Crippen LogP contribution in [0.4, 0.5) is 5.69 Å². The summed E-state index contributed by atoms with van der Waals surface area (Å²) in [7, 11) is 0. The van der Waals surface area contributed by atoms with Crippen LogP contribution in [0, 0.1) is 16.0 Å². The van der Waals surface area contributed by atoms with Crippen LogP contribution >= 0.6 is 11.6 Å². The molecule has 0 spiro atoms. The second-order valence-electron chi connectivity index (χ2n) is 4.83. The zero-order chi connectivity index (χ0) is 14.7. The summed E-state index contributed by atoms with van der Waals surface area (Å²) >= 11 is 5.78. The van der Waals surface area contributed by atoms with E-state index in [0.717, 1.165) is 25.1 Å². The first-order chi connectivity index (χ1) is 9.47. The van der Waals surface area contributed by atoms with Crippen molar-refractivity contribution >= 4 is 23.2 Å². The van der Waals surface area contributed by atoms with E-state index in [-0.39, 0.29) is 28.4 Å². The number of rotatable bonds is 4. The molecule has 1 aliphatic rings. The van der Waals surface area contributed by atoms with Crippen LogP contribution in [0.25, 0.3) is 0 Å². The Balaban J connectivity index is 2.01. The van der Waals surface area contributed by atoms with Gasteiger partial charge in [-0.2, -0.15) is 0 Å². The Morgan fingerprint density at radius 2 is 2.35 bits per heavy atom. The number of halogens is 1. The van der Waals surface area contributed by atoms with Crippen molar-refractivity contribution in [2.45, 2.75) is 25.4 Å². The molecule has 0 aromatic carbocycles. The van der Waals surface area contributed by atoms with Gasteiger partial charge in [-0.25, -0.2) is 4.98 Å². The Hall–Kier alpha value is -1.73. The second kappa shape index (κ2) is 6.15. The highest BCUT2D eigenvalue weighted by Crippen LogP contribution is 2.25. The molecule has 20 heavy (non-hydrogen) atoms. The number of pyridine rings is 1. The summed E-state index contributed by atoms with van der Waals surface area (Å²) in [6.45, 7) is 0.412. The number of aliphatic hydroxyl groups is 1. The third-order valence-corrected chi connectivity index (χ3v) is 3.65. The fraction of sp³-hybridized carbons (Fsp3) is 0.500. The minimum absolute atomic E-state index is 0.0144. The molecule has 0 saturated heterocycles. The van der Waals surface area contributed by atoms with Gasteiger partial charge in [0.2, 0.25) is 0 Å². The molecule has 1 fully saturated rings. The molecule has 2 atom stereocenters. The first kappa shape index (κ1) is 14.7. The number of nitrogens with one attached hydrogen (secondary N) is 1. The zero-order valence-corrected chi connectivity index (χ0v) is 11.3. The number of hydrogen-bond donors (Lipinski definition) is 2. The number of nitro groups is 1. The summed E-state index contributed by atoms with van der Waals surface area (Å²) in [5.74, 6) is -0.271. The van der Waals surface area contributed by atoms with Gasteiger partial charge in [0.05, 0.1) is 16.6 Å². The van der Waals surface area contributed by atoms with Crippen molar-refractivity contribution in [1.29, 1.82) is 0 Å². The lowest BCUT2D eigenvalue weighted by atomic mass is 10.1. The van der Waals surface area contributed by atoms with Gasteiger partial charge in [-0.3, -0.25) is 14.9 Å². The number of amides is 1. The molecule has 2 N–H and O–H groups in total. The number of aromatic nitrogens is 1. The Kier molecular flexibility index (Phi) is 4.51. The van der Waals surface area contributed by atoms with Crippen molar-refractivity contribution in [3.05, 3.63) is 33.1 Å². The molecule has 1 amide bonds. The predicted octanol–water partition coefficient (Wildman–Crippen LogP) is 1.53. The zero-order valence-electron chi connectivity index (χ0n) is 10.6. The van der Waals surface area contributed by atoms with E-state index in [1.165, 1.54) is 0 Å². The number of carbonyl (C=O) groups excluding carboxylic acids is 1. The van der Waals surface area contributed by atoms with Gasteiger partial charge in [-0.1, -0.05) is 11.6 Å². The third-order valence-electron chi connectivity index (χ3n) is 3.34. The van der Waals surface area contributed by atoms with Crippen molar-refractivity contribution < 1.29 is 14.8 Å². The van der Waals surface area contributed by atoms with Gasteiger partial charge in [-0.05, 0) is 25.2 Å². The Morgan fingerprint density at radius 1 is 1.60 bits per heavy atom. The van der Waals surface area contributed by atoms with E-state index in [4.69, 9.17) is 11.6 Å². The lowest BCUT2D eigenvalue weighted by molar-refractivity contribution is -0.385. The summed E-state index contributed by atoms with van der Waals surface area (Å²) in [4.78, 5) is 25.6. The molecule has 108 valence electrons. The summed E-state index contributed by atoms with van der Waals surface area (Å²) in [5, 5.41) is 22.7. The molecular weight excluding hydrogens is 286 g/mol. The topological polar surface area (TPSA) is 105 Å². The van der Waals surface area contributed by atoms with Gasteiger partial charge >= 0.3 is 0 Å². The van der Waals surface area contributed by atoms with Gasteiger partial charge < -0.3 is 10.4 Å². The molecule has 1 saturated carbocycles. The SMILES string of the molecule is O=C(NCC1CCC(O)C1)c1cc([N+](=O)[O-])cnc1Cl. The van der Waals surface area contributed by atoms with Crippen molar-refractivity contribution in [2.75, 3.05) is 6.54 Å². The average molecular weight is 300 g/mol. The average Bonchev–Trinajstić information content (AvgIpc) is 2.82. The molecule has 8 heteroatoms. The van der Waals surface area contributed by atoms with E-state index in [0.29, 0.717) is 13.0 Å². The van der Waals surface area contributed by atoms with Gasteiger partial charge in [0.25, 0.3) is 11.6 Å². The van der Waals surface area contributed by atoms with E-state index >= 15 is 0 Å². The van der Waals surface area contributed by atoms with E-state index in [9.17, 15) is 20.0 Å². The molecule has 1 heterocycles. The minimum Gasteiger partial charge on any atom is -0.393 e. The summed E-state index contributed by atoms with van der Waals surface area (Å²) in [6, 6.07) is 1.11. The second-order valence-corrected chi connectivity index (χ2v) is 5.19. The standard InChI is InChI=1S/C12H14ClN3O4/c13-11-10(4-8(6-14-11)16(19)20)12(18)15-5-7-1-2-9(17)3-7/h4,6-7,9,17H,1-3,5H2,(H,15,18). The van der Waals surface area contributed by atoms with Crippen LogP contribution in [0.2, 0.25) is 5.15 Å². The van der Waals surface area contributed by atoms with Gasteiger partial charge in [-0.15, -0.1) is 0 Å². The van der Waals surface area contributed by atoms with E-state index in [1.54, 1.807) is 0 Å². The predicted molar refractivity (Wildman–Crippen MR) is 71.6 cm³/mol. The molecule has 7 nitrogen and oxygen atoms in total. The Labute approximate surface area is 120 Å². The van der Waals surface area contributed by atoms with E-state index in [1.807, 2.05) is 0 Å². The van der Waals surface area contributed by atoms with Crippen molar-refractivity contribution in [3.63, 3.8) is 0 Å². The number of aliphatic hydroxyl groups excluding tert-OH is 1. The van der Waals surface area contributed by atoms with Crippen molar-refractivity contribution in [2.24, 2.45) is 5.92 Å². The van der Waals surface area contributed by atoms with E-state index in [2.05, 4.69) is 10.3 Å². The monoisotopic (exact) mass is 299 g/mol. The molecular formula is C12H14ClN3O4. The molecule has 0 aliphatic heterocycles. The maximum Gasteiger partial charge on any atom is 0.288 e. The van der Waals surface area contributed by atoms with Crippen LogP contribution in [0.5, 0.6) is 0 Å². The number of carbonyl (C=O) groups is 1. The van der Waals surface area contributed by atoms with Gasteiger partial charge in [0, 0.05) is 12.6 Å². The first-order valence-corrected chi connectivity index (χ1v) is 6.61. The highest BCUT2D eigenvalue weighted by Gasteiger charge is 2.24. The number of hydrogen-bond acceptors (Lipinski definition) is 5. The largest absolute Gasteiger partial charge is 0.393 e. The quantitative estimate of drug-likeness (QED) is 0.498.